The molecule has 3 aromatic rings. The van der Waals surface area contributed by atoms with E-state index >= 15 is 0 Å². The number of esters is 1. The minimum atomic E-state index is -4.25. The highest BCUT2D eigenvalue weighted by Gasteiger charge is 2.34. The van der Waals surface area contributed by atoms with E-state index in [-0.39, 0.29) is 12.6 Å². The average Bonchev–Trinajstić information content (AvgIpc) is 3.73. The number of carbonyl (C=O) groups is 2. The van der Waals surface area contributed by atoms with Crippen LogP contribution in [0.2, 0.25) is 0 Å². The van der Waals surface area contributed by atoms with Crippen molar-refractivity contribution in [3.05, 3.63) is 58.8 Å². The van der Waals surface area contributed by atoms with Gasteiger partial charge in [0.2, 0.25) is 0 Å². The molecule has 0 amide bonds. The quantitative estimate of drug-likeness (QED) is 0.230. The first-order valence-electron chi connectivity index (χ1n) is 16.1. The highest BCUT2D eigenvalue weighted by atomic mass is 19.4. The summed E-state index contributed by atoms with van der Waals surface area (Å²) in [6, 6.07) is 9.01. The van der Waals surface area contributed by atoms with Gasteiger partial charge in [-0.1, -0.05) is 6.07 Å². The highest BCUT2D eigenvalue weighted by Crippen LogP contribution is 2.38. The number of hydrogen-bond acceptors (Lipinski definition) is 8. The lowest BCUT2D eigenvalue weighted by Crippen LogP contribution is -2.48. The molecule has 1 aliphatic carbocycles. The maximum absolute atomic E-state index is 13.2. The van der Waals surface area contributed by atoms with Gasteiger partial charge in [-0.05, 0) is 81.8 Å². The van der Waals surface area contributed by atoms with Crippen molar-refractivity contribution in [2.75, 3.05) is 52.3 Å². The fourth-order valence-corrected chi connectivity index (χ4v) is 6.22. The van der Waals surface area contributed by atoms with Gasteiger partial charge in [0.25, 0.3) is 0 Å². The van der Waals surface area contributed by atoms with Gasteiger partial charge in [0, 0.05) is 68.1 Å². The molecule has 1 saturated carbocycles. The van der Waals surface area contributed by atoms with Crippen LogP contribution >= 0.6 is 0 Å². The molecular weight excluding hydrogens is 613 g/mol. The SMILES string of the molecule is COC(=O)c1ccc(C2CN(CCC(F)(F)F)CCN2Cc2c(OC)cc(C)c3c2ccn3C(=O)OC(C)(C)C)cc1NCC1CC1. The number of ether oxygens (including phenoxy) is 3. The summed E-state index contributed by atoms with van der Waals surface area (Å²) in [5, 5.41) is 4.25. The number of benzene rings is 2. The number of methoxy groups -OCH3 is 2. The molecule has 1 saturated heterocycles. The first kappa shape index (κ1) is 34.6. The fraction of sp³-hybridized carbons (Fsp3) is 0.543. The lowest BCUT2D eigenvalue weighted by Gasteiger charge is -2.42. The molecule has 0 spiro atoms. The van der Waals surface area contributed by atoms with Gasteiger partial charge in [0.1, 0.15) is 11.4 Å². The second-order valence-corrected chi connectivity index (χ2v) is 13.6. The third-order valence-electron chi connectivity index (χ3n) is 8.80. The van der Waals surface area contributed by atoms with Crippen LogP contribution in [0.1, 0.15) is 73.1 Å². The molecule has 2 heterocycles. The zero-order valence-corrected chi connectivity index (χ0v) is 28.0. The summed E-state index contributed by atoms with van der Waals surface area (Å²) in [5.74, 6) is 0.754. The average molecular weight is 659 g/mol. The van der Waals surface area contributed by atoms with E-state index in [1.54, 1.807) is 19.4 Å². The largest absolute Gasteiger partial charge is 0.496 e. The second kappa shape index (κ2) is 13.8. The number of rotatable bonds is 10. The molecule has 2 fully saturated rings. The number of halogens is 3. The minimum Gasteiger partial charge on any atom is -0.496 e. The summed E-state index contributed by atoms with van der Waals surface area (Å²) in [5.41, 5.74) is 3.69. The number of fused-ring (bicyclic) bond motifs is 1. The summed E-state index contributed by atoms with van der Waals surface area (Å²) >= 11 is 0. The number of alkyl halides is 3. The van der Waals surface area contributed by atoms with Crippen molar-refractivity contribution >= 4 is 28.7 Å². The smallest absolute Gasteiger partial charge is 0.419 e. The van der Waals surface area contributed by atoms with E-state index in [4.69, 9.17) is 14.2 Å². The Morgan fingerprint density at radius 1 is 1.04 bits per heavy atom. The van der Waals surface area contributed by atoms with E-state index in [0.717, 1.165) is 41.5 Å². The van der Waals surface area contributed by atoms with Crippen LogP contribution < -0.4 is 10.1 Å². The monoisotopic (exact) mass is 658 g/mol. The number of piperazine rings is 1. The predicted octanol–water partition coefficient (Wildman–Crippen LogP) is 7.16. The molecular formula is C35H45F3N4O5. The Morgan fingerprint density at radius 3 is 2.43 bits per heavy atom. The number of aromatic nitrogens is 1. The normalized spacial score (nSPS) is 17.9. The van der Waals surface area contributed by atoms with Crippen LogP contribution in [0.25, 0.3) is 10.9 Å². The molecule has 0 radical (unpaired) electrons. The Labute approximate surface area is 273 Å². The number of anilines is 1. The molecule has 47 heavy (non-hydrogen) atoms. The van der Waals surface area contributed by atoms with Gasteiger partial charge in [0.15, 0.2) is 0 Å². The first-order valence-corrected chi connectivity index (χ1v) is 16.1. The molecule has 1 atom stereocenters. The fourth-order valence-electron chi connectivity index (χ4n) is 6.22. The van der Waals surface area contributed by atoms with Crippen molar-refractivity contribution in [2.24, 2.45) is 5.92 Å². The summed E-state index contributed by atoms with van der Waals surface area (Å²) in [6.07, 6.45) is -1.66. The molecule has 1 aliphatic heterocycles. The standard InChI is InChI=1S/C35H45F3N4O5/c1-22-17-30(45-5)27(25-11-13-42(31(22)25)33(44)47-34(2,3)4)20-41-16-15-40(14-12-35(36,37)38)21-29(41)24-9-10-26(32(43)46-6)28(18-24)39-19-23-7-8-23/h9-11,13,17-18,23,29,39H,7-8,12,14-16,19-21H2,1-6H3. The van der Waals surface area contributed by atoms with E-state index in [9.17, 15) is 22.8 Å². The lowest BCUT2D eigenvalue weighted by molar-refractivity contribution is -0.139. The summed E-state index contributed by atoms with van der Waals surface area (Å²) < 4.78 is 57.8. The Morgan fingerprint density at radius 2 is 1.79 bits per heavy atom. The van der Waals surface area contributed by atoms with Crippen LogP contribution in [-0.4, -0.2) is 85.2 Å². The molecule has 2 aliphatic rings. The number of carbonyl (C=O) groups excluding carboxylic acids is 2. The van der Waals surface area contributed by atoms with E-state index in [1.165, 1.54) is 11.7 Å². The molecule has 256 valence electrons. The van der Waals surface area contributed by atoms with Gasteiger partial charge in [-0.25, -0.2) is 9.59 Å². The van der Waals surface area contributed by atoms with Crippen LogP contribution in [0.4, 0.5) is 23.7 Å². The number of hydrogen-bond donors (Lipinski definition) is 1. The van der Waals surface area contributed by atoms with Crippen LogP contribution in [-0.2, 0) is 16.0 Å². The van der Waals surface area contributed by atoms with Crippen LogP contribution in [0.3, 0.4) is 0 Å². The number of nitrogens with zero attached hydrogens (tertiary/aromatic N) is 3. The van der Waals surface area contributed by atoms with Crippen molar-refractivity contribution in [1.82, 2.24) is 14.4 Å². The van der Waals surface area contributed by atoms with Crippen molar-refractivity contribution in [2.45, 2.75) is 71.3 Å². The molecule has 1 unspecified atom stereocenters. The van der Waals surface area contributed by atoms with Crippen molar-refractivity contribution in [3.8, 4) is 5.75 Å². The topological polar surface area (TPSA) is 85.3 Å². The van der Waals surface area contributed by atoms with E-state index in [0.29, 0.717) is 54.6 Å². The van der Waals surface area contributed by atoms with Crippen LogP contribution in [0.15, 0.2) is 36.5 Å². The number of nitrogens with one attached hydrogen (secondary N) is 1. The zero-order chi connectivity index (χ0) is 34.1. The Balaban J connectivity index is 1.53. The Bertz CT molecular complexity index is 1610. The molecule has 1 aromatic heterocycles. The van der Waals surface area contributed by atoms with Gasteiger partial charge >= 0.3 is 18.2 Å². The predicted molar refractivity (Wildman–Crippen MR) is 174 cm³/mol. The Kier molecular flexibility index (Phi) is 10.1. The van der Waals surface area contributed by atoms with Crippen LogP contribution in [0, 0.1) is 12.8 Å². The second-order valence-electron chi connectivity index (χ2n) is 13.6. The first-order chi connectivity index (χ1) is 22.2. The summed E-state index contributed by atoms with van der Waals surface area (Å²) in [7, 11) is 2.94. The van der Waals surface area contributed by atoms with Gasteiger partial charge in [0.05, 0.1) is 31.7 Å². The Hall–Kier alpha value is -3.77. The zero-order valence-electron chi connectivity index (χ0n) is 28.0. The van der Waals surface area contributed by atoms with Gasteiger partial charge in [-0.15, -0.1) is 0 Å². The van der Waals surface area contributed by atoms with E-state index in [2.05, 4.69) is 10.2 Å². The van der Waals surface area contributed by atoms with Gasteiger partial charge in [-0.2, -0.15) is 13.2 Å². The lowest BCUT2D eigenvalue weighted by atomic mass is 9.97. The third kappa shape index (κ3) is 8.39. The maximum Gasteiger partial charge on any atom is 0.419 e. The summed E-state index contributed by atoms with van der Waals surface area (Å²) in [4.78, 5) is 29.9. The molecule has 5 rings (SSSR count). The van der Waals surface area contributed by atoms with Gasteiger partial charge < -0.3 is 19.5 Å². The van der Waals surface area contributed by atoms with Crippen molar-refractivity contribution < 1.29 is 37.0 Å². The van der Waals surface area contributed by atoms with E-state index < -0.39 is 30.3 Å². The molecule has 12 heteroatoms. The van der Waals surface area contributed by atoms with Crippen molar-refractivity contribution in [3.63, 3.8) is 0 Å². The summed E-state index contributed by atoms with van der Waals surface area (Å²) in [6.45, 7) is 9.73. The number of aryl methyl sites for hydroxylation is 1. The molecule has 2 aromatic carbocycles. The van der Waals surface area contributed by atoms with Gasteiger partial charge in [-0.3, -0.25) is 14.4 Å². The molecule has 1 N–H and O–H groups in total. The van der Waals surface area contributed by atoms with E-state index in [1.807, 2.05) is 56.9 Å². The minimum absolute atomic E-state index is 0.0995. The maximum atomic E-state index is 13.2. The molecule has 0 bridgehead atoms. The third-order valence-corrected chi connectivity index (χ3v) is 8.80. The highest BCUT2D eigenvalue weighted by molar-refractivity contribution is 5.96. The molecule has 9 nitrogen and oxygen atoms in total. The van der Waals surface area contributed by atoms with Crippen molar-refractivity contribution in [1.29, 1.82) is 0 Å². The van der Waals surface area contributed by atoms with Crippen LogP contribution in [0.5, 0.6) is 5.75 Å².